The van der Waals surface area contributed by atoms with Crippen LogP contribution in [0.5, 0.6) is 0 Å². The summed E-state index contributed by atoms with van der Waals surface area (Å²) in [4.78, 5) is 4.41. The second kappa shape index (κ2) is 5.30. The lowest BCUT2D eigenvalue weighted by Gasteiger charge is -2.17. The average Bonchev–Trinajstić information content (AvgIpc) is 2.33. The highest BCUT2D eigenvalue weighted by molar-refractivity contribution is 6.31. The Hall–Kier alpha value is -1.38. The van der Waals surface area contributed by atoms with Crippen molar-refractivity contribution in [3.05, 3.63) is 64.4 Å². The number of benzene rings is 1. The van der Waals surface area contributed by atoms with Gasteiger partial charge in [-0.05, 0) is 43.3 Å². The Labute approximate surface area is 107 Å². The van der Waals surface area contributed by atoms with Crippen LogP contribution >= 0.6 is 11.6 Å². The van der Waals surface area contributed by atoms with Crippen molar-refractivity contribution in [3.63, 3.8) is 0 Å². The van der Waals surface area contributed by atoms with Gasteiger partial charge in [0.15, 0.2) is 0 Å². The lowest BCUT2D eigenvalue weighted by Crippen LogP contribution is -2.19. The molecule has 3 heteroatoms. The number of rotatable bonds is 3. The Morgan fingerprint density at radius 1 is 1.24 bits per heavy atom. The van der Waals surface area contributed by atoms with Crippen LogP contribution in [0.1, 0.15) is 22.9 Å². The first-order chi connectivity index (χ1) is 8.22. The lowest BCUT2D eigenvalue weighted by atomic mass is 10.0. The molecule has 0 radical (unpaired) electrons. The fraction of sp³-hybridized carbons (Fsp3) is 0.214. The SMILES string of the molecule is CNC(c1cc(C)ccn1)c1ccccc1Cl. The van der Waals surface area contributed by atoms with Crippen molar-refractivity contribution in [1.82, 2.24) is 10.3 Å². The van der Waals surface area contributed by atoms with Crippen molar-refractivity contribution in [2.24, 2.45) is 0 Å². The Bertz CT molecular complexity index is 511. The summed E-state index contributed by atoms with van der Waals surface area (Å²) in [5, 5.41) is 4.02. The van der Waals surface area contributed by atoms with Crippen molar-refractivity contribution in [2.75, 3.05) is 7.05 Å². The second-order valence-corrected chi connectivity index (χ2v) is 4.41. The smallest absolute Gasteiger partial charge is 0.0763 e. The molecule has 0 aliphatic rings. The number of aryl methyl sites for hydroxylation is 1. The number of nitrogens with one attached hydrogen (secondary N) is 1. The van der Waals surface area contributed by atoms with Crippen LogP contribution in [0.2, 0.25) is 5.02 Å². The highest BCUT2D eigenvalue weighted by atomic mass is 35.5. The summed E-state index contributed by atoms with van der Waals surface area (Å²) in [6.45, 7) is 2.06. The Morgan fingerprint density at radius 2 is 2.00 bits per heavy atom. The highest BCUT2D eigenvalue weighted by Crippen LogP contribution is 2.26. The van der Waals surface area contributed by atoms with E-state index in [0.29, 0.717) is 0 Å². The predicted molar refractivity (Wildman–Crippen MR) is 71.3 cm³/mol. The summed E-state index contributed by atoms with van der Waals surface area (Å²) in [6, 6.07) is 11.9. The monoisotopic (exact) mass is 246 g/mol. The molecule has 88 valence electrons. The summed E-state index contributed by atoms with van der Waals surface area (Å²) in [5.74, 6) is 0. The normalized spacial score (nSPS) is 12.4. The first-order valence-electron chi connectivity index (χ1n) is 5.56. The summed E-state index contributed by atoms with van der Waals surface area (Å²) in [7, 11) is 1.91. The Kier molecular flexibility index (Phi) is 3.77. The molecule has 1 heterocycles. The minimum atomic E-state index is 0.0311. The first kappa shape index (κ1) is 12.1. The van der Waals surface area contributed by atoms with Crippen LogP contribution in [-0.4, -0.2) is 12.0 Å². The van der Waals surface area contributed by atoms with Crippen LogP contribution in [0, 0.1) is 6.92 Å². The van der Waals surface area contributed by atoms with Gasteiger partial charge in [-0.15, -0.1) is 0 Å². The number of hydrogen-bond acceptors (Lipinski definition) is 2. The van der Waals surface area contributed by atoms with Crippen LogP contribution in [0.3, 0.4) is 0 Å². The maximum Gasteiger partial charge on any atom is 0.0763 e. The van der Waals surface area contributed by atoms with E-state index in [1.54, 1.807) is 0 Å². The topological polar surface area (TPSA) is 24.9 Å². The molecule has 1 aromatic carbocycles. The molecule has 0 spiro atoms. The van der Waals surface area contributed by atoms with E-state index in [0.717, 1.165) is 16.3 Å². The van der Waals surface area contributed by atoms with Gasteiger partial charge >= 0.3 is 0 Å². The predicted octanol–water partition coefficient (Wildman–Crippen LogP) is 3.35. The summed E-state index contributed by atoms with van der Waals surface area (Å²) < 4.78 is 0. The molecular formula is C14H15ClN2. The third-order valence-corrected chi connectivity index (χ3v) is 3.08. The zero-order chi connectivity index (χ0) is 12.3. The van der Waals surface area contributed by atoms with E-state index in [9.17, 15) is 0 Å². The number of halogens is 1. The molecule has 2 rings (SSSR count). The van der Waals surface area contributed by atoms with Crippen LogP contribution < -0.4 is 5.32 Å². The molecule has 1 N–H and O–H groups in total. The minimum absolute atomic E-state index is 0.0311. The zero-order valence-electron chi connectivity index (χ0n) is 9.94. The van der Waals surface area contributed by atoms with Crippen molar-refractivity contribution >= 4 is 11.6 Å². The van der Waals surface area contributed by atoms with Crippen LogP contribution in [0.25, 0.3) is 0 Å². The van der Waals surface area contributed by atoms with E-state index < -0.39 is 0 Å². The van der Waals surface area contributed by atoms with E-state index in [1.165, 1.54) is 5.56 Å². The van der Waals surface area contributed by atoms with Gasteiger partial charge < -0.3 is 5.32 Å². The minimum Gasteiger partial charge on any atom is -0.308 e. The molecule has 1 aromatic heterocycles. The molecule has 17 heavy (non-hydrogen) atoms. The molecule has 0 fully saturated rings. The van der Waals surface area contributed by atoms with Gasteiger partial charge in [0.1, 0.15) is 0 Å². The number of aromatic nitrogens is 1. The van der Waals surface area contributed by atoms with Crippen molar-refractivity contribution in [3.8, 4) is 0 Å². The van der Waals surface area contributed by atoms with Gasteiger partial charge in [-0.25, -0.2) is 0 Å². The Balaban J connectivity index is 2.44. The average molecular weight is 247 g/mol. The quantitative estimate of drug-likeness (QED) is 0.899. The van der Waals surface area contributed by atoms with Gasteiger partial charge in [-0.1, -0.05) is 29.8 Å². The molecule has 2 aromatic rings. The van der Waals surface area contributed by atoms with E-state index in [4.69, 9.17) is 11.6 Å². The summed E-state index contributed by atoms with van der Waals surface area (Å²) in [5.41, 5.74) is 3.23. The molecule has 0 amide bonds. The van der Waals surface area contributed by atoms with Gasteiger partial charge in [-0.3, -0.25) is 4.98 Å². The molecule has 0 aliphatic heterocycles. The van der Waals surface area contributed by atoms with E-state index >= 15 is 0 Å². The van der Waals surface area contributed by atoms with Crippen molar-refractivity contribution in [2.45, 2.75) is 13.0 Å². The standard InChI is InChI=1S/C14H15ClN2/c1-10-7-8-17-13(9-10)14(16-2)11-5-3-4-6-12(11)15/h3-9,14,16H,1-2H3. The largest absolute Gasteiger partial charge is 0.308 e. The second-order valence-electron chi connectivity index (χ2n) is 4.00. The molecule has 1 unspecified atom stereocenters. The molecule has 0 saturated carbocycles. The zero-order valence-corrected chi connectivity index (χ0v) is 10.7. The van der Waals surface area contributed by atoms with E-state index in [1.807, 2.05) is 43.6 Å². The van der Waals surface area contributed by atoms with Gasteiger partial charge in [0.05, 0.1) is 11.7 Å². The van der Waals surface area contributed by atoms with E-state index in [2.05, 4.69) is 23.3 Å². The maximum atomic E-state index is 6.22. The van der Waals surface area contributed by atoms with Crippen LogP contribution in [0.15, 0.2) is 42.6 Å². The van der Waals surface area contributed by atoms with Gasteiger partial charge in [0.2, 0.25) is 0 Å². The molecule has 1 atom stereocenters. The third-order valence-electron chi connectivity index (χ3n) is 2.74. The molecule has 0 aliphatic carbocycles. The number of nitrogens with zero attached hydrogens (tertiary/aromatic N) is 1. The number of hydrogen-bond donors (Lipinski definition) is 1. The van der Waals surface area contributed by atoms with Crippen LogP contribution in [0.4, 0.5) is 0 Å². The third kappa shape index (κ3) is 2.65. The number of pyridine rings is 1. The van der Waals surface area contributed by atoms with Crippen LogP contribution in [-0.2, 0) is 0 Å². The van der Waals surface area contributed by atoms with Gasteiger partial charge in [-0.2, -0.15) is 0 Å². The molecule has 0 bridgehead atoms. The van der Waals surface area contributed by atoms with Gasteiger partial charge in [0.25, 0.3) is 0 Å². The van der Waals surface area contributed by atoms with E-state index in [-0.39, 0.29) is 6.04 Å². The summed E-state index contributed by atoms with van der Waals surface area (Å²) >= 11 is 6.22. The van der Waals surface area contributed by atoms with Crippen molar-refractivity contribution in [1.29, 1.82) is 0 Å². The first-order valence-corrected chi connectivity index (χ1v) is 5.94. The fourth-order valence-electron chi connectivity index (χ4n) is 1.89. The summed E-state index contributed by atoms with van der Waals surface area (Å²) in [6.07, 6.45) is 1.83. The Morgan fingerprint density at radius 3 is 2.65 bits per heavy atom. The van der Waals surface area contributed by atoms with Crippen molar-refractivity contribution < 1.29 is 0 Å². The highest BCUT2D eigenvalue weighted by Gasteiger charge is 2.15. The molecule has 0 saturated heterocycles. The van der Waals surface area contributed by atoms with Gasteiger partial charge in [0, 0.05) is 11.2 Å². The molecule has 2 nitrogen and oxygen atoms in total. The fourth-order valence-corrected chi connectivity index (χ4v) is 2.13. The maximum absolute atomic E-state index is 6.22. The lowest BCUT2D eigenvalue weighted by molar-refractivity contribution is 0.670. The molecular weight excluding hydrogens is 232 g/mol.